The number of aliphatic hydroxyl groups excluding tert-OH is 1. The lowest BCUT2D eigenvalue weighted by Crippen LogP contribution is -2.31. The van der Waals surface area contributed by atoms with Gasteiger partial charge in [0.25, 0.3) is 5.91 Å². The van der Waals surface area contributed by atoms with Crippen LogP contribution in [0.15, 0.2) is 87.8 Å². The second-order valence-electron chi connectivity index (χ2n) is 7.32. The lowest BCUT2D eigenvalue weighted by atomic mass is 9.95. The van der Waals surface area contributed by atoms with Gasteiger partial charge in [-0.05, 0) is 34.7 Å². The van der Waals surface area contributed by atoms with Crippen molar-refractivity contribution in [2.45, 2.75) is 16.1 Å². The van der Waals surface area contributed by atoms with E-state index in [9.17, 15) is 14.7 Å². The van der Waals surface area contributed by atoms with E-state index in [4.69, 9.17) is 11.6 Å². The molecular weight excluding hydrogens is 510 g/mol. The number of amides is 1. The summed E-state index contributed by atoms with van der Waals surface area (Å²) < 4.78 is 0.680. The van der Waals surface area contributed by atoms with Crippen LogP contribution in [-0.2, 0) is 10.5 Å². The minimum atomic E-state index is -0.848. The van der Waals surface area contributed by atoms with Gasteiger partial charge in [0, 0.05) is 10.8 Å². The Morgan fingerprint density at radius 1 is 1.06 bits per heavy atom. The van der Waals surface area contributed by atoms with Gasteiger partial charge in [0.1, 0.15) is 0 Å². The molecule has 5 rings (SSSR count). The summed E-state index contributed by atoms with van der Waals surface area (Å²) in [5.41, 5.74) is 1.79. The fourth-order valence-electron chi connectivity index (χ4n) is 3.61. The number of nitrogens with zero attached hydrogens (tertiary/aromatic N) is 3. The van der Waals surface area contributed by atoms with Crippen molar-refractivity contribution in [2.24, 2.45) is 0 Å². The molecule has 4 aromatic rings. The van der Waals surface area contributed by atoms with Crippen molar-refractivity contribution in [3.63, 3.8) is 0 Å². The zero-order valence-electron chi connectivity index (χ0n) is 17.4. The second-order valence-corrected chi connectivity index (χ2v) is 10.9. The Balaban J connectivity index is 1.50. The number of Topliss-reactive ketones (excluding diaryl/α,β-unsaturated/α-hetero) is 1. The number of aromatic nitrogens is 2. The number of hydrogen-bond donors (Lipinski definition) is 1. The van der Waals surface area contributed by atoms with E-state index >= 15 is 0 Å². The maximum atomic E-state index is 13.3. The molecule has 0 bridgehead atoms. The standard InChI is InChI=1S/C24H16ClN3O3S3/c25-16-10-8-15(9-11-16)19-18(20(29)17-7-4-12-32-17)21(30)22(31)28(19)23-26-27-24(34-23)33-13-14-5-2-1-3-6-14/h1-12,19,30H,13H2. The number of rotatable bonds is 7. The molecule has 1 N–H and O–H groups in total. The number of carbonyl (C=O) groups excluding carboxylic acids is 2. The molecule has 0 aliphatic carbocycles. The largest absolute Gasteiger partial charge is 0.503 e. The van der Waals surface area contributed by atoms with Crippen LogP contribution in [0.3, 0.4) is 0 Å². The fraction of sp³-hybridized carbons (Fsp3) is 0.0833. The first-order chi connectivity index (χ1) is 16.5. The molecule has 1 atom stereocenters. The van der Waals surface area contributed by atoms with Crippen molar-refractivity contribution >= 4 is 62.9 Å². The Labute approximate surface area is 212 Å². The van der Waals surface area contributed by atoms with Crippen LogP contribution in [0, 0.1) is 0 Å². The van der Waals surface area contributed by atoms with Crippen LogP contribution in [0.2, 0.25) is 5.02 Å². The van der Waals surface area contributed by atoms with Gasteiger partial charge in [-0.2, -0.15) is 0 Å². The number of thiophene rings is 1. The van der Waals surface area contributed by atoms with Crippen LogP contribution in [-0.4, -0.2) is 27.0 Å². The van der Waals surface area contributed by atoms with E-state index in [1.165, 1.54) is 39.3 Å². The van der Waals surface area contributed by atoms with Gasteiger partial charge in [-0.25, -0.2) is 0 Å². The molecule has 34 heavy (non-hydrogen) atoms. The molecular formula is C24H16ClN3O3S3. The van der Waals surface area contributed by atoms with Crippen molar-refractivity contribution in [3.05, 3.63) is 104 Å². The molecule has 1 aliphatic rings. The van der Waals surface area contributed by atoms with E-state index in [0.29, 0.717) is 30.7 Å². The summed E-state index contributed by atoms with van der Waals surface area (Å²) in [4.78, 5) is 28.3. The average Bonchev–Trinajstić information content (AvgIpc) is 3.60. The molecule has 3 heterocycles. The third-order valence-electron chi connectivity index (χ3n) is 5.19. The van der Waals surface area contributed by atoms with Gasteiger partial charge in [-0.1, -0.05) is 83.2 Å². The van der Waals surface area contributed by atoms with E-state index in [0.717, 1.165) is 5.56 Å². The molecule has 2 aromatic carbocycles. The SMILES string of the molecule is O=C(C1=C(O)C(=O)N(c2nnc(SCc3ccccc3)s2)C1c1ccc(Cl)cc1)c1cccs1. The first-order valence-corrected chi connectivity index (χ1v) is 13.2. The summed E-state index contributed by atoms with van der Waals surface area (Å²) in [5, 5.41) is 21.9. The van der Waals surface area contributed by atoms with Gasteiger partial charge in [-0.15, -0.1) is 21.5 Å². The summed E-state index contributed by atoms with van der Waals surface area (Å²) in [5.74, 6) is -0.954. The van der Waals surface area contributed by atoms with Crippen molar-refractivity contribution in [1.29, 1.82) is 0 Å². The van der Waals surface area contributed by atoms with Crippen LogP contribution in [0.25, 0.3) is 0 Å². The third kappa shape index (κ3) is 4.39. The molecule has 1 aliphatic heterocycles. The van der Waals surface area contributed by atoms with Crippen LogP contribution in [0.5, 0.6) is 0 Å². The number of thioether (sulfide) groups is 1. The molecule has 6 nitrogen and oxygen atoms in total. The van der Waals surface area contributed by atoms with Gasteiger partial charge in [0.15, 0.2) is 10.1 Å². The molecule has 0 radical (unpaired) electrons. The van der Waals surface area contributed by atoms with Gasteiger partial charge in [0.05, 0.1) is 16.5 Å². The van der Waals surface area contributed by atoms with Crippen molar-refractivity contribution in [3.8, 4) is 0 Å². The highest BCUT2D eigenvalue weighted by atomic mass is 35.5. The topological polar surface area (TPSA) is 83.4 Å². The molecule has 1 amide bonds. The minimum Gasteiger partial charge on any atom is -0.503 e. The van der Waals surface area contributed by atoms with E-state index in [1.807, 2.05) is 30.3 Å². The summed E-state index contributed by atoms with van der Waals surface area (Å²) in [7, 11) is 0. The Hall–Kier alpha value is -2.98. The van der Waals surface area contributed by atoms with Gasteiger partial charge in [-0.3, -0.25) is 14.5 Å². The van der Waals surface area contributed by atoms with Crippen LogP contribution in [0.1, 0.15) is 26.8 Å². The van der Waals surface area contributed by atoms with Crippen LogP contribution in [0.4, 0.5) is 5.13 Å². The first kappa shape index (κ1) is 22.8. The number of benzene rings is 2. The highest BCUT2D eigenvalue weighted by molar-refractivity contribution is 8.00. The Bertz CT molecular complexity index is 1370. The fourth-order valence-corrected chi connectivity index (χ4v) is 6.24. The van der Waals surface area contributed by atoms with E-state index < -0.39 is 23.5 Å². The van der Waals surface area contributed by atoms with E-state index in [2.05, 4.69) is 10.2 Å². The smallest absolute Gasteiger partial charge is 0.296 e. The second kappa shape index (κ2) is 9.71. The summed E-state index contributed by atoms with van der Waals surface area (Å²) in [6, 6.07) is 19.4. The zero-order chi connectivity index (χ0) is 23.7. The molecule has 0 saturated heterocycles. The summed E-state index contributed by atoms with van der Waals surface area (Å²) >= 11 is 10.1. The number of hydrogen-bond acceptors (Lipinski definition) is 8. The lowest BCUT2D eigenvalue weighted by molar-refractivity contribution is -0.117. The highest BCUT2D eigenvalue weighted by Gasteiger charge is 2.46. The van der Waals surface area contributed by atoms with E-state index in [1.54, 1.807) is 41.8 Å². The van der Waals surface area contributed by atoms with Gasteiger partial charge >= 0.3 is 0 Å². The van der Waals surface area contributed by atoms with Crippen molar-refractivity contribution < 1.29 is 14.7 Å². The number of carbonyl (C=O) groups is 2. The Morgan fingerprint density at radius 3 is 2.53 bits per heavy atom. The number of aliphatic hydroxyl groups is 1. The summed E-state index contributed by atoms with van der Waals surface area (Å²) in [6.07, 6.45) is 0. The quantitative estimate of drug-likeness (QED) is 0.172. The van der Waals surface area contributed by atoms with Crippen molar-refractivity contribution in [1.82, 2.24) is 10.2 Å². The first-order valence-electron chi connectivity index (χ1n) is 10.1. The normalized spacial score (nSPS) is 15.9. The third-order valence-corrected chi connectivity index (χ3v) is 8.44. The molecule has 170 valence electrons. The van der Waals surface area contributed by atoms with E-state index in [-0.39, 0.29) is 5.57 Å². The molecule has 1 unspecified atom stereocenters. The van der Waals surface area contributed by atoms with Gasteiger partial charge < -0.3 is 5.11 Å². The maximum Gasteiger partial charge on any atom is 0.296 e. The Kier molecular flexibility index (Phi) is 6.51. The van der Waals surface area contributed by atoms with Crippen molar-refractivity contribution in [2.75, 3.05) is 4.90 Å². The molecule has 10 heteroatoms. The Morgan fingerprint density at radius 2 is 1.82 bits per heavy atom. The number of halogens is 1. The molecule has 0 fully saturated rings. The van der Waals surface area contributed by atoms with Gasteiger partial charge in [0.2, 0.25) is 10.9 Å². The van der Waals surface area contributed by atoms with Crippen LogP contribution >= 0.6 is 46.0 Å². The lowest BCUT2D eigenvalue weighted by Gasteiger charge is -2.24. The monoisotopic (exact) mass is 525 g/mol. The zero-order valence-corrected chi connectivity index (χ0v) is 20.6. The molecule has 0 spiro atoms. The molecule has 0 saturated carbocycles. The highest BCUT2D eigenvalue weighted by Crippen LogP contribution is 2.44. The predicted octanol–water partition coefficient (Wildman–Crippen LogP) is 6.33. The maximum absolute atomic E-state index is 13.3. The predicted molar refractivity (Wildman–Crippen MR) is 136 cm³/mol. The van der Waals surface area contributed by atoms with Crippen LogP contribution < -0.4 is 4.90 Å². The summed E-state index contributed by atoms with van der Waals surface area (Å²) in [6.45, 7) is 0. The minimum absolute atomic E-state index is 0.0171. The molecule has 2 aromatic heterocycles. The average molecular weight is 526 g/mol. The number of anilines is 1. The number of ketones is 1.